The Kier molecular flexibility index (Phi) is 10.6. The van der Waals surface area contributed by atoms with E-state index >= 15 is 0 Å². The summed E-state index contributed by atoms with van der Waals surface area (Å²) in [5.41, 5.74) is 11.5. The van der Waals surface area contributed by atoms with Gasteiger partial charge < -0.3 is 9.13 Å². The number of hydrogen-bond donors (Lipinski definition) is 0. The average Bonchev–Trinajstić information content (AvgIpc) is 4.01. The highest BCUT2D eigenvalue weighted by Gasteiger charge is 2.41. The molecule has 0 N–H and O–H groups in total. The van der Waals surface area contributed by atoms with E-state index in [4.69, 9.17) is 0 Å². The minimum Gasteiger partial charge on any atom is -0.307 e. The van der Waals surface area contributed by atoms with Crippen LogP contribution in [0.5, 0.6) is 0 Å². The topological polar surface area (TPSA) is 33.6 Å². The molecular formula is C68H45F6N3. The van der Waals surface area contributed by atoms with Gasteiger partial charge in [-0.1, -0.05) is 168 Å². The summed E-state index contributed by atoms with van der Waals surface area (Å²) in [4.78, 5) is 0. The van der Waals surface area contributed by atoms with E-state index in [-0.39, 0.29) is 17.2 Å². The Morgan fingerprint density at radius 2 is 0.688 bits per heavy atom. The van der Waals surface area contributed by atoms with E-state index in [1.54, 1.807) is 12.1 Å². The first kappa shape index (κ1) is 47.6. The molecule has 4 bridgehead atoms. The minimum atomic E-state index is -5.13. The van der Waals surface area contributed by atoms with Crippen molar-refractivity contribution in [2.75, 3.05) is 0 Å². The van der Waals surface area contributed by atoms with Gasteiger partial charge in [-0.2, -0.15) is 31.6 Å². The number of benzene rings is 10. The van der Waals surface area contributed by atoms with Gasteiger partial charge in [0.05, 0.1) is 61.6 Å². The summed E-state index contributed by atoms with van der Waals surface area (Å²) in [6, 6.07) is 66.3. The van der Waals surface area contributed by atoms with Crippen molar-refractivity contribution < 1.29 is 26.3 Å². The summed E-state index contributed by atoms with van der Waals surface area (Å²) in [7, 11) is 0. The molecule has 0 aliphatic carbocycles. The predicted octanol–water partition coefficient (Wildman–Crippen LogP) is 18.7. The van der Waals surface area contributed by atoms with Crippen molar-refractivity contribution in [3.8, 4) is 50.8 Å². The third-order valence-corrected chi connectivity index (χ3v) is 15.8. The maximum Gasteiger partial charge on any atom is 0.416 e. The molecule has 3 heterocycles. The van der Waals surface area contributed by atoms with Gasteiger partial charge in [-0.25, -0.2) is 0 Å². The average molecular weight is 1020 g/mol. The van der Waals surface area contributed by atoms with Crippen LogP contribution in [0.1, 0.15) is 61.2 Å². The zero-order valence-electron chi connectivity index (χ0n) is 42.2. The summed E-state index contributed by atoms with van der Waals surface area (Å²) in [5.74, 6) is 0. The van der Waals surface area contributed by atoms with Crippen LogP contribution < -0.4 is 0 Å². The van der Waals surface area contributed by atoms with Crippen molar-refractivity contribution in [3.63, 3.8) is 0 Å². The molecule has 0 amide bonds. The van der Waals surface area contributed by atoms with Crippen LogP contribution in [0.4, 0.5) is 26.3 Å². The number of fused-ring (bicyclic) bond motifs is 11. The van der Waals surface area contributed by atoms with Gasteiger partial charge in [0.15, 0.2) is 0 Å². The van der Waals surface area contributed by atoms with Gasteiger partial charge in [0.1, 0.15) is 0 Å². The SMILES string of the molecule is Cc1ccc(-c2ccc3c4ccc5cc4n(c3c2)-c2cc(C#N)c(-c3cc(C(F)(F)F)cc(C(F)(F)F)c3)cc2-n2c3cc(-c4ccc(C)cc4)ccc3c3ccc(cc32)C5(c2ccc(C)cc2)c2ccc(C)cc2)cc1. The smallest absolute Gasteiger partial charge is 0.307 e. The third-order valence-electron chi connectivity index (χ3n) is 15.8. The van der Waals surface area contributed by atoms with Gasteiger partial charge in [0, 0.05) is 27.1 Å². The molecule has 0 fully saturated rings. The highest BCUT2D eigenvalue weighted by atomic mass is 19.4. The third kappa shape index (κ3) is 7.56. The van der Waals surface area contributed by atoms with Gasteiger partial charge in [0.25, 0.3) is 0 Å². The number of aromatic nitrogens is 2. The lowest BCUT2D eigenvalue weighted by Crippen LogP contribution is -2.31. The molecule has 9 heteroatoms. The molecule has 2 aromatic heterocycles. The molecule has 3 nitrogen and oxygen atoms in total. The van der Waals surface area contributed by atoms with Crippen LogP contribution in [-0.2, 0) is 17.8 Å². The fraction of sp³-hybridized carbons (Fsp3) is 0.103. The molecule has 77 heavy (non-hydrogen) atoms. The highest BCUT2D eigenvalue weighted by molar-refractivity contribution is 6.13. The standard InChI is InChI=1S/C68H45F6N3/c1-39-5-13-43(14-6-39)45-17-25-55-57-27-23-51-35-62(57)76(60(55)31-45)64-33-48(38-75)59(47-29-53(67(69,70)71)34-54(30-47)68(72,73)74)37-65(64)77-61-32-46(44-15-7-40(2)8-16-44)18-26-56(61)58-28-24-52(36-63(58)77)66(51,49-19-9-41(3)10-20-49)50-21-11-42(4)12-22-50/h5-37H,1-4H3. The van der Waals surface area contributed by atoms with Crippen molar-refractivity contribution >= 4 is 43.6 Å². The Balaban J connectivity index is 1.27. The summed E-state index contributed by atoms with van der Waals surface area (Å²) in [6.07, 6.45) is -10.3. The number of aryl methyl sites for hydroxylation is 4. The van der Waals surface area contributed by atoms with E-state index in [1.165, 1.54) is 0 Å². The Labute approximate surface area is 440 Å². The second-order valence-corrected chi connectivity index (χ2v) is 20.6. The quantitative estimate of drug-likeness (QED) is 0.158. The molecule has 10 aromatic carbocycles. The highest BCUT2D eigenvalue weighted by Crippen LogP contribution is 2.51. The first-order chi connectivity index (χ1) is 37.0. The number of hydrogen-bond acceptors (Lipinski definition) is 1. The maximum absolute atomic E-state index is 14.8. The summed E-state index contributed by atoms with van der Waals surface area (Å²) in [5, 5.41) is 14.8. The van der Waals surface area contributed by atoms with Gasteiger partial charge >= 0.3 is 12.4 Å². The van der Waals surface area contributed by atoms with E-state index in [1.807, 2.05) is 26.0 Å². The Hall–Kier alpha value is -9.13. The fourth-order valence-corrected chi connectivity index (χ4v) is 11.9. The second kappa shape index (κ2) is 17.2. The molecule has 0 radical (unpaired) electrons. The van der Waals surface area contributed by atoms with Gasteiger partial charge in [-0.05, 0) is 132 Å². The van der Waals surface area contributed by atoms with Crippen molar-refractivity contribution in [1.29, 1.82) is 5.26 Å². The minimum absolute atomic E-state index is 0.0889. The van der Waals surface area contributed by atoms with Crippen LogP contribution in [0.25, 0.3) is 88.4 Å². The summed E-state index contributed by atoms with van der Waals surface area (Å²) in [6.45, 7) is 8.18. The monoisotopic (exact) mass is 1020 g/mol. The maximum atomic E-state index is 14.8. The summed E-state index contributed by atoms with van der Waals surface area (Å²) < 4.78 is 92.8. The molecule has 12 aromatic rings. The summed E-state index contributed by atoms with van der Waals surface area (Å²) >= 11 is 0. The zero-order valence-corrected chi connectivity index (χ0v) is 42.2. The van der Waals surface area contributed by atoms with Crippen LogP contribution in [-0.4, -0.2) is 9.13 Å². The van der Waals surface area contributed by atoms with Crippen LogP contribution in [0.3, 0.4) is 0 Å². The molecule has 13 rings (SSSR count). The van der Waals surface area contributed by atoms with Crippen molar-refractivity contribution in [2.24, 2.45) is 0 Å². The van der Waals surface area contributed by atoms with Crippen LogP contribution in [0.2, 0.25) is 0 Å². The lowest BCUT2D eigenvalue weighted by atomic mass is 9.64. The normalized spacial score (nSPS) is 13.2. The second-order valence-electron chi connectivity index (χ2n) is 20.6. The van der Waals surface area contributed by atoms with E-state index in [9.17, 15) is 31.6 Å². The first-order valence-electron chi connectivity index (χ1n) is 25.3. The van der Waals surface area contributed by atoms with E-state index in [0.29, 0.717) is 23.5 Å². The van der Waals surface area contributed by atoms with E-state index < -0.39 is 34.5 Å². The molecule has 0 spiro atoms. The van der Waals surface area contributed by atoms with Gasteiger partial charge in [0.2, 0.25) is 0 Å². The Morgan fingerprint density at radius 3 is 1.08 bits per heavy atom. The number of rotatable bonds is 5. The molecule has 0 unspecified atom stereocenters. The predicted molar refractivity (Wildman–Crippen MR) is 297 cm³/mol. The molecule has 1 aliphatic heterocycles. The van der Waals surface area contributed by atoms with Gasteiger partial charge in [-0.3, -0.25) is 0 Å². The van der Waals surface area contributed by atoms with Crippen molar-refractivity contribution in [1.82, 2.24) is 9.13 Å². The lowest BCUT2D eigenvalue weighted by Gasteiger charge is -2.37. The molecule has 0 saturated heterocycles. The number of nitrogens with zero attached hydrogens (tertiary/aromatic N) is 3. The number of halogens is 6. The van der Waals surface area contributed by atoms with E-state index in [2.05, 4.69) is 187 Å². The van der Waals surface area contributed by atoms with Gasteiger partial charge in [-0.15, -0.1) is 0 Å². The lowest BCUT2D eigenvalue weighted by molar-refractivity contribution is -0.143. The van der Waals surface area contributed by atoms with Crippen LogP contribution >= 0.6 is 0 Å². The van der Waals surface area contributed by atoms with E-state index in [0.717, 1.165) is 110 Å². The molecule has 374 valence electrons. The number of alkyl halides is 6. The fourth-order valence-electron chi connectivity index (χ4n) is 11.9. The van der Waals surface area contributed by atoms with Crippen molar-refractivity contribution in [3.05, 3.63) is 261 Å². The molecule has 0 atom stereocenters. The largest absolute Gasteiger partial charge is 0.416 e. The Morgan fingerprint density at radius 1 is 0.351 bits per heavy atom. The van der Waals surface area contributed by atoms with Crippen LogP contribution in [0.15, 0.2) is 200 Å². The number of nitriles is 1. The Bertz CT molecular complexity index is 4360. The van der Waals surface area contributed by atoms with Crippen LogP contribution in [0, 0.1) is 39.0 Å². The molecule has 1 aliphatic rings. The first-order valence-corrected chi connectivity index (χ1v) is 25.3. The zero-order chi connectivity index (χ0) is 53.3. The molecule has 0 saturated carbocycles. The van der Waals surface area contributed by atoms with Crippen molar-refractivity contribution in [2.45, 2.75) is 45.5 Å². The molecular weight excluding hydrogens is 973 g/mol.